The average molecular weight is 455 g/mol. The van der Waals surface area contributed by atoms with Crippen molar-refractivity contribution in [1.82, 2.24) is 0 Å². The molecule has 3 rings (SSSR count). The Hall–Kier alpha value is -3.19. The largest absolute Gasteiger partial charge is 1.00 e. The quantitative estimate of drug-likeness (QED) is 0.412. The minimum absolute atomic E-state index is 0. The number of aliphatic hydroxyl groups excluding tert-OH is 1. The third-order valence-corrected chi connectivity index (χ3v) is 4.93. The van der Waals surface area contributed by atoms with Gasteiger partial charge in [-0.2, -0.15) is 0 Å². The van der Waals surface area contributed by atoms with Crippen molar-refractivity contribution in [2.24, 2.45) is 0 Å². The number of halogens is 1. The zero-order valence-corrected chi connectivity index (χ0v) is 18.5. The topological polar surface area (TPSA) is 92.2 Å². The molecule has 3 aromatic carbocycles. The van der Waals surface area contributed by atoms with Gasteiger partial charge in [0.1, 0.15) is 17.9 Å². The molecule has 0 heterocycles. The number of hydrogen-bond acceptors (Lipinski definition) is 4. The lowest BCUT2D eigenvalue weighted by Gasteiger charge is -2.17. The van der Waals surface area contributed by atoms with Gasteiger partial charge in [0.2, 0.25) is 0 Å². The molecule has 0 radical (unpaired) electrons. The molecule has 2 atom stereocenters. The Morgan fingerprint density at radius 1 is 0.969 bits per heavy atom. The molecular formula is C25H27ClN2O4. The average Bonchev–Trinajstić information content (AvgIpc) is 2.79. The highest BCUT2D eigenvalue weighted by molar-refractivity contribution is 5.98. The van der Waals surface area contributed by atoms with Crippen LogP contribution in [-0.4, -0.2) is 29.6 Å². The molecule has 0 spiro atoms. The van der Waals surface area contributed by atoms with Crippen molar-refractivity contribution in [3.8, 4) is 5.75 Å². The van der Waals surface area contributed by atoms with E-state index in [1.54, 1.807) is 48.5 Å². The number of carbonyl (C=O) groups excluding carboxylic acids is 2. The Balaban J connectivity index is 0.00000363. The van der Waals surface area contributed by atoms with E-state index in [0.29, 0.717) is 30.0 Å². The number of ether oxygens (including phenoxy) is 1. The van der Waals surface area contributed by atoms with E-state index >= 15 is 0 Å². The second-order valence-electron chi connectivity index (χ2n) is 7.32. The van der Waals surface area contributed by atoms with Gasteiger partial charge in [0.25, 0.3) is 0 Å². The third kappa shape index (κ3) is 7.50. The monoisotopic (exact) mass is 454 g/mol. The lowest BCUT2D eigenvalue weighted by molar-refractivity contribution is -0.693. The van der Waals surface area contributed by atoms with Gasteiger partial charge in [-0.1, -0.05) is 60.7 Å². The summed E-state index contributed by atoms with van der Waals surface area (Å²) in [5.41, 5.74) is 1.87. The summed E-state index contributed by atoms with van der Waals surface area (Å²) in [6.45, 7) is 2.49. The zero-order chi connectivity index (χ0) is 22.1. The van der Waals surface area contributed by atoms with Gasteiger partial charge < -0.3 is 27.6 Å². The Bertz CT molecular complexity index is 999. The molecular weight excluding hydrogens is 428 g/mol. The highest BCUT2D eigenvalue weighted by Crippen LogP contribution is 2.15. The predicted octanol–water partition coefficient (Wildman–Crippen LogP) is 0.560. The highest BCUT2D eigenvalue weighted by atomic mass is 35.5. The smallest absolute Gasteiger partial charge is 0.417 e. The number of benzene rings is 3. The van der Waals surface area contributed by atoms with E-state index in [-0.39, 0.29) is 24.2 Å². The van der Waals surface area contributed by atoms with Crippen molar-refractivity contribution in [2.75, 3.05) is 11.9 Å². The van der Waals surface area contributed by atoms with Crippen molar-refractivity contribution >= 4 is 17.6 Å². The normalized spacial score (nSPS) is 12.2. The number of Topliss-reactive ketones (excluding diaryl/α,β-unsaturated/α-hetero) is 1. The van der Waals surface area contributed by atoms with E-state index < -0.39 is 12.2 Å². The van der Waals surface area contributed by atoms with E-state index in [9.17, 15) is 14.7 Å². The van der Waals surface area contributed by atoms with E-state index in [1.165, 1.54) is 0 Å². The molecule has 0 saturated carbocycles. The summed E-state index contributed by atoms with van der Waals surface area (Å²) in [7, 11) is 0. The molecule has 0 fully saturated rings. The maximum Gasteiger partial charge on any atom is 0.417 e. The van der Waals surface area contributed by atoms with Crippen molar-refractivity contribution in [2.45, 2.75) is 25.5 Å². The number of anilines is 1. The molecule has 32 heavy (non-hydrogen) atoms. The number of ketones is 1. The lowest BCUT2D eigenvalue weighted by Crippen LogP contribution is -3.00. The van der Waals surface area contributed by atoms with Crippen LogP contribution in [-0.2, 0) is 0 Å². The minimum atomic E-state index is -0.618. The number of aliphatic hydroxyl groups is 1. The number of nitrogens with two attached hydrogens (primary N) is 1. The predicted molar refractivity (Wildman–Crippen MR) is 119 cm³/mol. The summed E-state index contributed by atoms with van der Waals surface area (Å²) >= 11 is 0. The number of rotatable bonds is 9. The molecule has 6 nitrogen and oxygen atoms in total. The van der Waals surface area contributed by atoms with Crippen LogP contribution >= 0.6 is 0 Å². The molecule has 0 aromatic heterocycles. The fourth-order valence-electron chi connectivity index (χ4n) is 3.21. The fraction of sp³-hybridized carbons (Fsp3) is 0.200. The van der Waals surface area contributed by atoms with Crippen LogP contribution in [0.2, 0.25) is 0 Å². The number of para-hydroxylation sites is 1. The molecule has 0 aliphatic rings. The number of carbonyl (C=O) groups is 2. The van der Waals surface area contributed by atoms with E-state index in [2.05, 4.69) is 5.32 Å². The van der Waals surface area contributed by atoms with Gasteiger partial charge in [0.05, 0.1) is 13.0 Å². The highest BCUT2D eigenvalue weighted by Gasteiger charge is 2.19. The van der Waals surface area contributed by atoms with Gasteiger partial charge in [0, 0.05) is 11.3 Å². The number of amides is 1. The van der Waals surface area contributed by atoms with Crippen molar-refractivity contribution < 1.29 is 37.2 Å². The van der Waals surface area contributed by atoms with Gasteiger partial charge in [-0.3, -0.25) is 10.1 Å². The van der Waals surface area contributed by atoms with Gasteiger partial charge >= 0.3 is 6.09 Å². The molecule has 0 aliphatic carbocycles. The summed E-state index contributed by atoms with van der Waals surface area (Å²) in [5.74, 6) is 0.410. The number of hydrogen-bond donors (Lipinski definition) is 3. The lowest BCUT2D eigenvalue weighted by atomic mass is 10.0. The molecule has 4 N–H and O–H groups in total. The molecule has 168 valence electrons. The van der Waals surface area contributed by atoms with Crippen molar-refractivity contribution in [3.05, 3.63) is 96.1 Å². The summed E-state index contributed by atoms with van der Waals surface area (Å²) < 4.78 is 5.21. The van der Waals surface area contributed by atoms with Crippen molar-refractivity contribution in [3.63, 3.8) is 0 Å². The third-order valence-electron chi connectivity index (χ3n) is 4.93. The molecule has 1 amide bonds. The first kappa shape index (κ1) is 25.1. The van der Waals surface area contributed by atoms with Gasteiger partial charge in [0.15, 0.2) is 5.78 Å². The Morgan fingerprint density at radius 2 is 1.62 bits per heavy atom. The summed E-state index contributed by atoms with van der Waals surface area (Å²) in [6, 6.07) is 24.9. The first-order chi connectivity index (χ1) is 15.0. The molecule has 7 heteroatoms. The summed E-state index contributed by atoms with van der Waals surface area (Å²) in [4.78, 5) is 24.6. The van der Waals surface area contributed by atoms with Crippen LogP contribution in [0.1, 0.15) is 35.4 Å². The van der Waals surface area contributed by atoms with Crippen LogP contribution in [0, 0.1) is 0 Å². The van der Waals surface area contributed by atoms with E-state index in [0.717, 1.165) is 5.56 Å². The van der Waals surface area contributed by atoms with Crippen LogP contribution in [0.5, 0.6) is 5.75 Å². The second kappa shape index (κ2) is 12.6. The van der Waals surface area contributed by atoms with Gasteiger partial charge in [-0.15, -0.1) is 0 Å². The second-order valence-corrected chi connectivity index (χ2v) is 7.32. The van der Waals surface area contributed by atoms with Crippen LogP contribution in [0.4, 0.5) is 10.5 Å². The number of nitrogens with one attached hydrogen (secondary N) is 1. The molecule has 2 unspecified atom stereocenters. The van der Waals surface area contributed by atoms with E-state index in [1.807, 2.05) is 48.6 Å². The first-order valence-corrected chi connectivity index (χ1v) is 10.3. The molecule has 3 aromatic rings. The summed E-state index contributed by atoms with van der Waals surface area (Å²) in [6.07, 6.45) is -0.892. The van der Waals surface area contributed by atoms with Crippen LogP contribution in [0.15, 0.2) is 84.9 Å². The molecule has 0 aliphatic heterocycles. The van der Waals surface area contributed by atoms with Gasteiger partial charge in [-0.25, -0.2) is 4.79 Å². The van der Waals surface area contributed by atoms with Gasteiger partial charge in [-0.05, 0) is 36.8 Å². The minimum Gasteiger partial charge on any atom is -1.00 e. The standard InChI is InChI=1S/C25H26N2O4.ClH/c1-18(24(29)19-9-4-2-5-10-19)26-16-15-23(28)20-11-8-12-21(17-20)27-25(30)31-22-13-6-3-7-14-22;/h2-14,17-18,24,26,29H,15-16H2,1H3,(H,27,30);1H. The van der Waals surface area contributed by atoms with Crippen LogP contribution in [0.25, 0.3) is 0 Å². The zero-order valence-electron chi connectivity index (χ0n) is 17.8. The summed E-state index contributed by atoms with van der Waals surface area (Å²) in [5, 5.41) is 15.0. The maximum atomic E-state index is 12.6. The SMILES string of the molecule is CC([NH2+]CCC(=O)c1cccc(NC(=O)Oc2ccccc2)c1)C(O)c1ccccc1.[Cl-]. The molecule has 0 bridgehead atoms. The maximum absolute atomic E-state index is 12.6. The molecule has 0 saturated heterocycles. The van der Waals surface area contributed by atoms with Crippen LogP contribution in [0.3, 0.4) is 0 Å². The van der Waals surface area contributed by atoms with E-state index in [4.69, 9.17) is 4.74 Å². The fourth-order valence-corrected chi connectivity index (χ4v) is 3.21. The Morgan fingerprint density at radius 3 is 2.31 bits per heavy atom. The van der Waals surface area contributed by atoms with Crippen LogP contribution < -0.4 is 27.8 Å². The Labute approximate surface area is 194 Å². The Kier molecular flexibility index (Phi) is 9.88. The first-order valence-electron chi connectivity index (χ1n) is 10.3. The number of quaternary nitrogens is 1. The van der Waals surface area contributed by atoms with Crippen molar-refractivity contribution in [1.29, 1.82) is 0 Å².